The Balaban J connectivity index is 2.39. The zero-order chi connectivity index (χ0) is 38.6. The maximum Gasteiger partial charge on any atom is 0.472 e. The van der Waals surface area contributed by atoms with E-state index in [0.717, 1.165) is 57.8 Å². The smallest absolute Gasteiger partial charge is 0.462 e. The van der Waals surface area contributed by atoms with Crippen LogP contribution in [0.5, 0.6) is 0 Å². The number of aliphatic hydroxyl groups is 5. The maximum absolute atomic E-state index is 12.7. The van der Waals surface area contributed by atoms with E-state index in [-0.39, 0.29) is 12.8 Å². The third-order valence-corrected chi connectivity index (χ3v) is 10.0. The summed E-state index contributed by atoms with van der Waals surface area (Å²) < 4.78 is 33.1. The fraction of sp³-hybridized carbons (Fsp3) is 0.842. The van der Waals surface area contributed by atoms with Crippen molar-refractivity contribution in [2.45, 2.75) is 191 Å². The highest BCUT2D eigenvalue weighted by molar-refractivity contribution is 7.47. The number of carbonyl (C=O) groups excluding carboxylic acids is 2. The molecule has 0 saturated heterocycles. The van der Waals surface area contributed by atoms with Crippen molar-refractivity contribution in [3.63, 3.8) is 0 Å². The fourth-order valence-corrected chi connectivity index (χ4v) is 6.76. The van der Waals surface area contributed by atoms with E-state index in [1.807, 2.05) is 6.92 Å². The van der Waals surface area contributed by atoms with Crippen molar-refractivity contribution in [3.05, 3.63) is 24.3 Å². The topological polar surface area (TPSA) is 210 Å². The molecule has 1 saturated carbocycles. The van der Waals surface area contributed by atoms with Gasteiger partial charge in [-0.2, -0.15) is 0 Å². The number of aliphatic hydroxyl groups excluding tert-OH is 5. The van der Waals surface area contributed by atoms with Crippen molar-refractivity contribution in [1.29, 1.82) is 0 Å². The van der Waals surface area contributed by atoms with E-state index < -0.39 is 75.7 Å². The predicted octanol–water partition coefficient (Wildman–Crippen LogP) is 6.11. The number of carbonyl (C=O) groups is 2. The Hall–Kier alpha value is -1.67. The number of esters is 2. The number of rotatable bonds is 31. The maximum atomic E-state index is 12.7. The van der Waals surface area contributed by atoms with E-state index in [0.29, 0.717) is 12.8 Å². The lowest BCUT2D eigenvalue weighted by molar-refractivity contribution is -0.220. The van der Waals surface area contributed by atoms with Crippen molar-refractivity contribution in [1.82, 2.24) is 0 Å². The lowest BCUT2D eigenvalue weighted by atomic mass is 9.85. The molecule has 6 unspecified atom stereocenters. The molecular formula is C38H69O13P. The molecule has 1 fully saturated rings. The first-order valence-corrected chi connectivity index (χ1v) is 21.1. The lowest BCUT2D eigenvalue weighted by Gasteiger charge is -2.41. The monoisotopic (exact) mass is 764 g/mol. The largest absolute Gasteiger partial charge is 0.472 e. The second-order valence-corrected chi connectivity index (χ2v) is 15.2. The van der Waals surface area contributed by atoms with Crippen molar-refractivity contribution < 1.29 is 63.1 Å². The van der Waals surface area contributed by atoms with Gasteiger partial charge in [-0.25, -0.2) is 4.57 Å². The van der Waals surface area contributed by atoms with Gasteiger partial charge in [0.25, 0.3) is 0 Å². The summed E-state index contributed by atoms with van der Waals surface area (Å²) in [5, 5.41) is 49.8. The highest BCUT2D eigenvalue weighted by Gasteiger charge is 2.51. The summed E-state index contributed by atoms with van der Waals surface area (Å²) in [7, 11) is -5.10. The van der Waals surface area contributed by atoms with Crippen LogP contribution in [0.3, 0.4) is 0 Å². The molecule has 6 N–H and O–H groups in total. The first kappa shape index (κ1) is 48.3. The minimum Gasteiger partial charge on any atom is -0.462 e. The Labute approximate surface area is 311 Å². The third-order valence-electron chi connectivity index (χ3n) is 9.05. The van der Waals surface area contributed by atoms with E-state index in [1.54, 1.807) is 0 Å². The van der Waals surface area contributed by atoms with Gasteiger partial charge < -0.3 is 39.9 Å². The average Bonchev–Trinajstić information content (AvgIpc) is 3.12. The zero-order valence-corrected chi connectivity index (χ0v) is 32.5. The molecule has 304 valence electrons. The van der Waals surface area contributed by atoms with Crippen LogP contribution in [0.1, 0.15) is 149 Å². The number of allylic oxidation sites excluding steroid dienone is 4. The number of hydrogen-bond acceptors (Lipinski definition) is 12. The van der Waals surface area contributed by atoms with Crippen LogP contribution in [0.4, 0.5) is 0 Å². The summed E-state index contributed by atoms with van der Waals surface area (Å²) >= 11 is 0. The summed E-state index contributed by atoms with van der Waals surface area (Å²) in [5.41, 5.74) is 0. The molecule has 6 atom stereocenters. The van der Waals surface area contributed by atoms with Gasteiger partial charge in [0.15, 0.2) is 6.10 Å². The van der Waals surface area contributed by atoms with Crippen LogP contribution in [0.15, 0.2) is 24.3 Å². The van der Waals surface area contributed by atoms with Gasteiger partial charge in [0.2, 0.25) is 0 Å². The second kappa shape index (κ2) is 29.7. The molecule has 0 heterocycles. The van der Waals surface area contributed by atoms with Gasteiger partial charge in [-0.05, 0) is 44.9 Å². The Kier molecular flexibility index (Phi) is 27.6. The zero-order valence-electron chi connectivity index (χ0n) is 31.6. The predicted molar refractivity (Wildman–Crippen MR) is 198 cm³/mol. The molecule has 0 radical (unpaired) electrons. The Morgan fingerprint density at radius 1 is 0.596 bits per heavy atom. The van der Waals surface area contributed by atoms with E-state index in [1.165, 1.54) is 51.4 Å². The van der Waals surface area contributed by atoms with Crippen LogP contribution < -0.4 is 0 Å². The standard InChI is InChI=1S/C38H69O13P/c1-3-5-7-9-10-11-12-13-14-15-16-17-18-19-20-21-22-23-25-27-32(40)50-30(28-48-31(39)26-24-8-6-4-2)29-49-52(46,47)51-38-36(44)34(42)33(41)35(43)37(38)45/h10-11,13-14,30,33-38,41-45H,3-9,12,15-29H2,1-2H3,(H,46,47)/b11-10-,14-13-. The van der Waals surface area contributed by atoms with E-state index in [4.69, 9.17) is 18.5 Å². The normalized spacial score (nSPS) is 23.9. The molecule has 1 aliphatic rings. The van der Waals surface area contributed by atoms with Crippen LogP contribution in [-0.2, 0) is 32.7 Å². The highest BCUT2D eigenvalue weighted by Crippen LogP contribution is 2.47. The van der Waals surface area contributed by atoms with E-state index in [9.17, 15) is 44.6 Å². The number of ether oxygens (including phenoxy) is 2. The fourth-order valence-electron chi connectivity index (χ4n) is 5.79. The second-order valence-electron chi connectivity index (χ2n) is 13.8. The van der Waals surface area contributed by atoms with Gasteiger partial charge in [-0.1, -0.05) is 115 Å². The quantitative estimate of drug-likeness (QED) is 0.0204. The van der Waals surface area contributed by atoms with Crippen LogP contribution in [0, 0.1) is 0 Å². The van der Waals surface area contributed by atoms with Crippen LogP contribution in [0.2, 0.25) is 0 Å². The van der Waals surface area contributed by atoms with Gasteiger partial charge in [0.05, 0.1) is 6.61 Å². The molecule has 0 bridgehead atoms. The number of unbranched alkanes of at least 4 members (excludes halogenated alkanes) is 15. The van der Waals surface area contributed by atoms with Crippen molar-refractivity contribution in [2.24, 2.45) is 0 Å². The molecule has 0 spiro atoms. The first-order chi connectivity index (χ1) is 24.9. The van der Waals surface area contributed by atoms with Crippen LogP contribution >= 0.6 is 7.82 Å². The molecule has 0 aromatic heterocycles. The summed E-state index contributed by atoms with van der Waals surface area (Å²) in [6, 6.07) is 0. The molecule has 1 rings (SSSR count). The molecule has 0 aliphatic heterocycles. The Bertz CT molecular complexity index is 1020. The molecule has 13 nitrogen and oxygen atoms in total. The summed E-state index contributed by atoms with van der Waals surface area (Å²) in [5.74, 6) is -1.12. The van der Waals surface area contributed by atoms with Gasteiger partial charge in [0, 0.05) is 12.8 Å². The number of phosphoric acid groups is 1. The highest BCUT2D eigenvalue weighted by atomic mass is 31.2. The average molecular weight is 765 g/mol. The Morgan fingerprint density at radius 3 is 1.60 bits per heavy atom. The molecule has 0 amide bonds. The van der Waals surface area contributed by atoms with Gasteiger partial charge in [-0.3, -0.25) is 18.6 Å². The van der Waals surface area contributed by atoms with Crippen molar-refractivity contribution in [3.8, 4) is 0 Å². The third kappa shape index (κ3) is 22.5. The van der Waals surface area contributed by atoms with Crippen molar-refractivity contribution >= 4 is 19.8 Å². The molecular weight excluding hydrogens is 695 g/mol. The Morgan fingerprint density at radius 2 is 1.04 bits per heavy atom. The molecule has 0 aromatic carbocycles. The number of hydrogen-bond donors (Lipinski definition) is 6. The number of phosphoric ester groups is 1. The summed E-state index contributed by atoms with van der Waals surface area (Å²) in [6.45, 7) is 3.09. The SMILES string of the molecule is CCCCC/C=C\C/C=C\CCCCCCCCCCCC(=O)OC(COC(=O)CCCCCC)COP(=O)(O)OC1C(O)C(O)C(O)C(O)C1O. The van der Waals surface area contributed by atoms with Crippen molar-refractivity contribution in [2.75, 3.05) is 13.2 Å². The van der Waals surface area contributed by atoms with E-state index >= 15 is 0 Å². The molecule has 0 aromatic rings. The first-order valence-electron chi connectivity index (χ1n) is 19.6. The van der Waals surface area contributed by atoms with Crippen LogP contribution in [0.25, 0.3) is 0 Å². The molecule has 1 aliphatic carbocycles. The summed E-state index contributed by atoms with van der Waals surface area (Å²) in [6.07, 6.45) is 16.2. The molecule has 52 heavy (non-hydrogen) atoms. The van der Waals surface area contributed by atoms with Gasteiger partial charge >= 0.3 is 19.8 Å². The lowest BCUT2D eigenvalue weighted by Crippen LogP contribution is -2.64. The van der Waals surface area contributed by atoms with Crippen LogP contribution in [-0.4, -0.2) is 98.3 Å². The minimum absolute atomic E-state index is 0.0927. The summed E-state index contributed by atoms with van der Waals surface area (Å²) in [4.78, 5) is 35.1. The van der Waals surface area contributed by atoms with E-state index in [2.05, 4.69) is 31.2 Å². The minimum atomic E-state index is -5.10. The molecule has 14 heteroatoms. The van der Waals surface area contributed by atoms with Gasteiger partial charge in [-0.15, -0.1) is 0 Å². The van der Waals surface area contributed by atoms with Gasteiger partial charge in [0.1, 0.15) is 43.2 Å².